The molecule has 2 heterocycles. The highest BCUT2D eigenvalue weighted by Crippen LogP contribution is 2.35. The normalized spacial score (nSPS) is 13.3. The van der Waals surface area contributed by atoms with Gasteiger partial charge in [0.05, 0.1) is 32.7 Å². The monoisotopic (exact) mass is 621 g/mol. The third kappa shape index (κ3) is 4.93. The molecule has 6 nitrogen and oxygen atoms in total. The summed E-state index contributed by atoms with van der Waals surface area (Å²) in [4.78, 5) is 15.4. The second-order valence-electron chi connectivity index (χ2n) is 10.2. The number of rotatable bonds is 6. The maximum Gasteiger partial charge on any atom is 0.264 e. The summed E-state index contributed by atoms with van der Waals surface area (Å²) in [6.07, 6.45) is 0.526. The van der Waals surface area contributed by atoms with Gasteiger partial charge in [0, 0.05) is 48.8 Å². The van der Waals surface area contributed by atoms with Crippen molar-refractivity contribution in [2.45, 2.75) is 24.4 Å². The average Bonchev–Trinajstić information content (AvgIpc) is 3.29. The Hall–Kier alpha value is -3.85. The number of aromatic nitrogens is 1. The van der Waals surface area contributed by atoms with Gasteiger partial charge in [-0.1, -0.05) is 77.8 Å². The van der Waals surface area contributed by atoms with E-state index < -0.39 is 15.8 Å². The van der Waals surface area contributed by atoms with Gasteiger partial charge >= 0.3 is 0 Å². The number of hydrogen-bond donors (Lipinski definition) is 0. The number of fused-ring (bicyclic) bond motifs is 3. The van der Waals surface area contributed by atoms with Gasteiger partial charge in [0.15, 0.2) is 5.82 Å². The maximum atomic E-state index is 14.9. The van der Waals surface area contributed by atoms with Gasteiger partial charge in [-0.2, -0.15) is 0 Å². The van der Waals surface area contributed by atoms with E-state index in [1.54, 1.807) is 59.0 Å². The molecule has 0 saturated heterocycles. The van der Waals surface area contributed by atoms with Crippen molar-refractivity contribution >= 4 is 55.7 Å². The van der Waals surface area contributed by atoms with Gasteiger partial charge in [0.1, 0.15) is 0 Å². The van der Waals surface area contributed by atoms with Crippen molar-refractivity contribution in [1.82, 2.24) is 9.47 Å². The van der Waals surface area contributed by atoms with Crippen LogP contribution in [-0.4, -0.2) is 30.3 Å². The van der Waals surface area contributed by atoms with Crippen molar-refractivity contribution < 1.29 is 17.6 Å². The number of nitrogens with zero attached hydrogens (tertiary/aromatic N) is 3. The molecule has 0 bridgehead atoms. The topological polar surface area (TPSA) is 62.6 Å². The third-order valence-electron chi connectivity index (χ3n) is 7.70. The van der Waals surface area contributed by atoms with Gasteiger partial charge in [-0.15, -0.1) is 0 Å². The fourth-order valence-electron chi connectivity index (χ4n) is 5.59. The average molecular weight is 623 g/mol. The smallest absolute Gasteiger partial charge is 0.264 e. The SMILES string of the molecule is Cn1c2c(c3ccc(Cl)c(F)c31)CN(C(=O)c1cccc(S(=O)(=O)N(Cc3ccccc3)c3ccccc3Cl)c1)CC2. The predicted molar refractivity (Wildman–Crippen MR) is 164 cm³/mol. The van der Waals surface area contributed by atoms with Gasteiger partial charge in [0.2, 0.25) is 0 Å². The van der Waals surface area contributed by atoms with Crippen LogP contribution in [0.15, 0.2) is 95.9 Å². The van der Waals surface area contributed by atoms with E-state index in [4.69, 9.17) is 23.2 Å². The first-order chi connectivity index (χ1) is 20.2. The molecular weight excluding hydrogens is 596 g/mol. The molecular formula is C32H26Cl2FN3O3S. The van der Waals surface area contributed by atoms with Gasteiger partial charge in [0.25, 0.3) is 15.9 Å². The van der Waals surface area contributed by atoms with Crippen LogP contribution >= 0.6 is 23.2 Å². The minimum atomic E-state index is -4.12. The summed E-state index contributed by atoms with van der Waals surface area (Å²) in [6.45, 7) is 0.729. The molecule has 0 atom stereocenters. The van der Waals surface area contributed by atoms with Crippen LogP contribution in [0.3, 0.4) is 0 Å². The van der Waals surface area contributed by atoms with E-state index >= 15 is 0 Å². The number of sulfonamides is 1. The molecule has 4 aromatic carbocycles. The van der Waals surface area contributed by atoms with Gasteiger partial charge < -0.3 is 9.47 Å². The van der Waals surface area contributed by atoms with Crippen molar-refractivity contribution in [3.8, 4) is 0 Å². The van der Waals surface area contributed by atoms with Crippen LogP contribution in [0.2, 0.25) is 10.0 Å². The zero-order valence-corrected chi connectivity index (χ0v) is 24.9. The molecule has 42 heavy (non-hydrogen) atoms. The molecule has 214 valence electrons. The quantitative estimate of drug-likeness (QED) is 0.201. The molecule has 0 radical (unpaired) electrons. The maximum absolute atomic E-state index is 14.9. The summed E-state index contributed by atoms with van der Waals surface area (Å²) in [6, 6.07) is 25.4. The van der Waals surface area contributed by atoms with Crippen molar-refractivity contribution in [3.63, 3.8) is 0 Å². The van der Waals surface area contributed by atoms with Crippen LogP contribution < -0.4 is 4.31 Å². The second-order valence-corrected chi connectivity index (χ2v) is 12.9. The first kappa shape index (κ1) is 28.3. The summed E-state index contributed by atoms with van der Waals surface area (Å²) in [5.41, 5.74) is 3.58. The zero-order chi connectivity index (χ0) is 29.6. The van der Waals surface area contributed by atoms with Crippen LogP contribution in [0, 0.1) is 5.82 Å². The van der Waals surface area contributed by atoms with E-state index in [2.05, 4.69) is 0 Å². The van der Waals surface area contributed by atoms with Crippen molar-refractivity contribution in [2.24, 2.45) is 7.05 Å². The Morgan fingerprint density at radius 1 is 0.929 bits per heavy atom. The van der Waals surface area contributed by atoms with E-state index in [-0.39, 0.29) is 34.5 Å². The summed E-state index contributed by atoms with van der Waals surface area (Å²) in [7, 11) is -2.33. The Balaban J connectivity index is 1.34. The summed E-state index contributed by atoms with van der Waals surface area (Å²) >= 11 is 12.5. The number of halogens is 3. The molecule has 0 N–H and O–H groups in total. The third-order valence-corrected chi connectivity index (χ3v) is 10.1. The number of carbonyl (C=O) groups is 1. The van der Waals surface area contributed by atoms with Gasteiger partial charge in [-0.25, -0.2) is 12.8 Å². The molecule has 6 rings (SSSR count). The molecule has 1 aliphatic heterocycles. The number of aryl methyl sites for hydroxylation is 1. The van der Waals surface area contributed by atoms with Crippen LogP contribution in [0.5, 0.6) is 0 Å². The van der Waals surface area contributed by atoms with Crippen LogP contribution in [0.25, 0.3) is 10.9 Å². The minimum absolute atomic E-state index is 0.0243. The second kappa shape index (κ2) is 11.1. The van der Waals surface area contributed by atoms with E-state index in [0.717, 1.165) is 16.8 Å². The van der Waals surface area contributed by atoms with Gasteiger partial charge in [-0.3, -0.25) is 9.10 Å². The fourth-order valence-corrected chi connectivity index (χ4v) is 7.54. The highest BCUT2D eigenvalue weighted by atomic mass is 35.5. The molecule has 1 aromatic heterocycles. The Morgan fingerprint density at radius 2 is 1.67 bits per heavy atom. The molecule has 0 aliphatic carbocycles. The molecule has 5 aromatic rings. The number of anilines is 1. The first-order valence-electron chi connectivity index (χ1n) is 13.3. The van der Waals surface area contributed by atoms with E-state index in [0.29, 0.717) is 34.6 Å². The lowest BCUT2D eigenvalue weighted by Crippen LogP contribution is -2.36. The van der Waals surface area contributed by atoms with Crippen molar-refractivity contribution in [1.29, 1.82) is 0 Å². The van der Waals surface area contributed by atoms with Crippen LogP contribution in [0.1, 0.15) is 27.2 Å². The Labute approximate surface area is 253 Å². The van der Waals surface area contributed by atoms with Gasteiger partial charge in [-0.05, 0) is 42.0 Å². The summed E-state index contributed by atoms with van der Waals surface area (Å²) in [5, 5.41) is 1.05. The largest absolute Gasteiger partial charge is 0.345 e. The van der Waals surface area contributed by atoms with Crippen LogP contribution in [0.4, 0.5) is 10.1 Å². The number of amides is 1. The molecule has 0 spiro atoms. The predicted octanol–water partition coefficient (Wildman–Crippen LogP) is 7.22. The fraction of sp³-hybridized carbons (Fsp3) is 0.156. The zero-order valence-electron chi connectivity index (χ0n) is 22.6. The van der Waals surface area contributed by atoms with Crippen LogP contribution in [-0.2, 0) is 36.6 Å². The lowest BCUT2D eigenvalue weighted by Gasteiger charge is -2.29. The summed E-state index contributed by atoms with van der Waals surface area (Å²) < 4.78 is 46.1. The number of benzene rings is 4. The highest BCUT2D eigenvalue weighted by Gasteiger charge is 2.30. The molecule has 0 saturated carbocycles. The summed E-state index contributed by atoms with van der Waals surface area (Å²) in [5.74, 6) is -0.795. The molecule has 1 amide bonds. The highest BCUT2D eigenvalue weighted by molar-refractivity contribution is 7.92. The number of hydrogen-bond acceptors (Lipinski definition) is 3. The minimum Gasteiger partial charge on any atom is -0.345 e. The first-order valence-corrected chi connectivity index (χ1v) is 15.5. The number of para-hydroxylation sites is 1. The van der Waals surface area contributed by atoms with E-state index in [1.807, 2.05) is 30.3 Å². The Kier molecular flexibility index (Phi) is 7.47. The van der Waals surface area contributed by atoms with Crippen molar-refractivity contribution in [2.75, 3.05) is 10.8 Å². The van der Waals surface area contributed by atoms with Crippen molar-refractivity contribution in [3.05, 3.63) is 129 Å². The Morgan fingerprint density at radius 3 is 2.43 bits per heavy atom. The lowest BCUT2D eigenvalue weighted by atomic mass is 10.0. The Bertz CT molecular complexity index is 1940. The standard InChI is InChI=1S/C32H26Cl2FN3O3S/c1-36-28-16-17-37(20-25(28)24-14-15-27(34)30(35)31(24)36)32(39)22-10-7-11-23(18-22)42(40,41)38(19-21-8-3-2-4-9-21)29-13-6-5-12-26(29)33/h2-15,18H,16-17,19-20H2,1H3. The van der Waals surface area contributed by atoms with E-state index in [9.17, 15) is 17.6 Å². The molecule has 0 fully saturated rings. The molecule has 10 heteroatoms. The molecule has 1 aliphatic rings. The molecule has 0 unspecified atom stereocenters. The van der Waals surface area contributed by atoms with E-state index in [1.165, 1.54) is 22.5 Å². The lowest BCUT2D eigenvalue weighted by molar-refractivity contribution is 0.0734. The number of carbonyl (C=O) groups excluding carboxylic acids is 1.